The molecule has 4 heteroatoms. The molecule has 30 heavy (non-hydrogen) atoms. The number of H-pyrrole nitrogens is 1. The molecule has 150 valence electrons. The molecule has 4 nitrogen and oxygen atoms in total. The fraction of sp³-hybridized carbons (Fsp3) is 0.115. The average molecular weight is 397 g/mol. The monoisotopic (exact) mass is 397 g/mol. The van der Waals surface area contributed by atoms with E-state index in [0.29, 0.717) is 5.69 Å². The summed E-state index contributed by atoms with van der Waals surface area (Å²) >= 11 is 0. The van der Waals surface area contributed by atoms with Gasteiger partial charge in [0, 0.05) is 18.0 Å². The Kier molecular flexibility index (Phi) is 5.77. The Hall–Kier alpha value is -3.63. The zero-order chi connectivity index (χ0) is 20.8. The van der Waals surface area contributed by atoms with Crippen LogP contribution in [0.1, 0.15) is 22.4 Å². The van der Waals surface area contributed by atoms with Crippen LogP contribution >= 0.6 is 0 Å². The van der Waals surface area contributed by atoms with E-state index in [0.717, 1.165) is 16.7 Å². The lowest BCUT2D eigenvalue weighted by molar-refractivity contribution is -0.00146. The Labute approximate surface area is 175 Å². The van der Waals surface area contributed by atoms with Crippen LogP contribution in [0.3, 0.4) is 0 Å². The maximum absolute atomic E-state index is 12.2. The Bertz CT molecular complexity index is 1040. The third kappa shape index (κ3) is 3.78. The van der Waals surface area contributed by atoms with Gasteiger partial charge in [0.25, 0.3) is 0 Å². The van der Waals surface area contributed by atoms with Crippen LogP contribution in [0.2, 0.25) is 0 Å². The van der Waals surface area contributed by atoms with E-state index in [1.807, 2.05) is 54.6 Å². The molecular formula is C26H23NO3. The van der Waals surface area contributed by atoms with E-state index < -0.39 is 5.60 Å². The number of benzene rings is 3. The number of hydrogen-bond acceptors (Lipinski definition) is 3. The lowest BCUT2D eigenvalue weighted by atomic mass is 9.80. The molecule has 0 aliphatic rings. The van der Waals surface area contributed by atoms with Gasteiger partial charge in [-0.3, -0.25) is 4.79 Å². The van der Waals surface area contributed by atoms with Crippen LogP contribution in [-0.2, 0) is 16.9 Å². The molecule has 3 aromatic carbocycles. The number of methoxy groups -OCH3 is 1. The summed E-state index contributed by atoms with van der Waals surface area (Å²) in [6.45, 7) is 0.220. The normalized spacial score (nSPS) is 11.2. The first-order valence-electron chi connectivity index (χ1n) is 9.80. The number of aromatic nitrogens is 1. The minimum Gasteiger partial charge on any atom is -0.491 e. The van der Waals surface area contributed by atoms with Gasteiger partial charge >= 0.3 is 0 Å². The molecule has 0 bridgehead atoms. The maximum Gasteiger partial charge on any atom is 0.223 e. The smallest absolute Gasteiger partial charge is 0.223 e. The van der Waals surface area contributed by atoms with Gasteiger partial charge in [-0.25, -0.2) is 0 Å². The van der Waals surface area contributed by atoms with Crippen LogP contribution in [0.25, 0.3) is 0 Å². The molecule has 0 amide bonds. The van der Waals surface area contributed by atoms with Crippen LogP contribution in [0.5, 0.6) is 5.75 Å². The molecule has 4 aromatic rings. The van der Waals surface area contributed by atoms with Gasteiger partial charge in [0.15, 0.2) is 5.75 Å². The first kappa shape index (κ1) is 19.7. The van der Waals surface area contributed by atoms with Crippen molar-refractivity contribution in [3.05, 3.63) is 136 Å². The number of pyridine rings is 1. The molecule has 0 fully saturated rings. The second-order valence-electron chi connectivity index (χ2n) is 6.96. The number of nitrogens with one attached hydrogen (secondary N) is 1. The zero-order valence-corrected chi connectivity index (χ0v) is 16.7. The van der Waals surface area contributed by atoms with Crippen molar-refractivity contribution < 1.29 is 9.47 Å². The second-order valence-corrected chi connectivity index (χ2v) is 6.96. The van der Waals surface area contributed by atoms with E-state index >= 15 is 0 Å². The molecule has 1 heterocycles. The first-order chi connectivity index (χ1) is 14.7. The Morgan fingerprint density at radius 1 is 0.767 bits per heavy atom. The van der Waals surface area contributed by atoms with E-state index in [1.165, 1.54) is 13.2 Å². The van der Waals surface area contributed by atoms with E-state index in [2.05, 4.69) is 41.4 Å². The molecule has 0 unspecified atom stereocenters. The highest BCUT2D eigenvalue weighted by Gasteiger charge is 2.37. The minimum absolute atomic E-state index is 0.181. The zero-order valence-electron chi connectivity index (χ0n) is 16.7. The molecule has 1 N–H and O–H groups in total. The van der Waals surface area contributed by atoms with Crippen LogP contribution in [-0.4, -0.2) is 12.1 Å². The van der Waals surface area contributed by atoms with Gasteiger partial charge < -0.3 is 14.5 Å². The van der Waals surface area contributed by atoms with Gasteiger partial charge in [-0.05, 0) is 16.7 Å². The minimum atomic E-state index is -0.833. The number of aromatic amines is 1. The molecule has 0 saturated heterocycles. The van der Waals surface area contributed by atoms with Gasteiger partial charge in [-0.15, -0.1) is 0 Å². The summed E-state index contributed by atoms with van der Waals surface area (Å²) in [4.78, 5) is 15.3. The highest BCUT2D eigenvalue weighted by atomic mass is 16.5. The van der Waals surface area contributed by atoms with Crippen molar-refractivity contribution in [3.63, 3.8) is 0 Å². The molecule has 0 radical (unpaired) electrons. The average Bonchev–Trinajstić information content (AvgIpc) is 2.82. The molecule has 0 aliphatic carbocycles. The van der Waals surface area contributed by atoms with Gasteiger partial charge in [-0.2, -0.15) is 0 Å². The highest BCUT2D eigenvalue weighted by Crippen LogP contribution is 2.40. The van der Waals surface area contributed by atoms with Crippen molar-refractivity contribution in [1.29, 1.82) is 0 Å². The lowest BCUT2D eigenvalue weighted by Gasteiger charge is -2.36. The van der Waals surface area contributed by atoms with Crippen molar-refractivity contribution >= 4 is 0 Å². The predicted molar refractivity (Wildman–Crippen MR) is 118 cm³/mol. The summed E-state index contributed by atoms with van der Waals surface area (Å²) < 4.78 is 11.8. The van der Waals surface area contributed by atoms with Crippen molar-refractivity contribution in [3.8, 4) is 5.75 Å². The predicted octanol–water partition coefficient (Wildman–Crippen LogP) is 4.89. The summed E-state index contributed by atoms with van der Waals surface area (Å²) in [5.74, 6) is 0.277. The summed E-state index contributed by atoms with van der Waals surface area (Å²) in [7, 11) is 1.48. The van der Waals surface area contributed by atoms with E-state index in [9.17, 15) is 4.79 Å². The fourth-order valence-electron chi connectivity index (χ4n) is 3.70. The topological polar surface area (TPSA) is 51.3 Å². The fourth-order valence-corrected chi connectivity index (χ4v) is 3.70. The Morgan fingerprint density at radius 3 is 1.63 bits per heavy atom. The Balaban J connectivity index is 1.84. The largest absolute Gasteiger partial charge is 0.491 e. The quantitative estimate of drug-likeness (QED) is 0.452. The van der Waals surface area contributed by atoms with Crippen LogP contribution < -0.4 is 10.2 Å². The van der Waals surface area contributed by atoms with E-state index in [-0.39, 0.29) is 17.8 Å². The third-order valence-electron chi connectivity index (χ3n) is 5.14. The van der Waals surface area contributed by atoms with Gasteiger partial charge in [0.2, 0.25) is 5.43 Å². The summed E-state index contributed by atoms with van der Waals surface area (Å²) in [5, 5.41) is 0. The first-order valence-corrected chi connectivity index (χ1v) is 9.80. The Morgan fingerprint density at radius 2 is 1.23 bits per heavy atom. The highest BCUT2D eigenvalue weighted by molar-refractivity contribution is 5.47. The molecule has 0 aliphatic heterocycles. The summed E-state index contributed by atoms with van der Waals surface area (Å²) in [6, 6.07) is 31.9. The molecule has 1 aromatic heterocycles. The van der Waals surface area contributed by atoms with Gasteiger partial charge in [-0.1, -0.05) is 91.0 Å². The number of ether oxygens (including phenoxy) is 2. The van der Waals surface area contributed by atoms with Crippen molar-refractivity contribution in [2.45, 2.75) is 12.2 Å². The molecule has 0 atom stereocenters. The number of hydrogen-bond donors (Lipinski definition) is 1. The van der Waals surface area contributed by atoms with Gasteiger partial charge in [0.05, 0.1) is 13.7 Å². The molecule has 0 saturated carbocycles. The van der Waals surface area contributed by atoms with E-state index in [4.69, 9.17) is 9.47 Å². The molecular weight excluding hydrogens is 374 g/mol. The van der Waals surface area contributed by atoms with E-state index in [1.54, 1.807) is 6.20 Å². The van der Waals surface area contributed by atoms with Crippen LogP contribution in [0.15, 0.2) is 108 Å². The van der Waals surface area contributed by atoms with Gasteiger partial charge in [0.1, 0.15) is 5.60 Å². The SMILES string of the molecule is COc1c[nH]c(COC(c2ccccc2)(c2ccccc2)c2ccccc2)cc1=O. The molecule has 0 spiro atoms. The lowest BCUT2D eigenvalue weighted by Crippen LogP contribution is -2.33. The van der Waals surface area contributed by atoms with Crippen molar-refractivity contribution in [2.24, 2.45) is 0 Å². The molecule has 4 rings (SSSR count). The maximum atomic E-state index is 12.2. The van der Waals surface area contributed by atoms with Crippen LogP contribution in [0.4, 0.5) is 0 Å². The number of rotatable bonds is 7. The van der Waals surface area contributed by atoms with Crippen molar-refractivity contribution in [2.75, 3.05) is 7.11 Å². The standard InChI is InChI=1S/C26H23NO3/c1-29-25-18-27-23(17-24(25)28)19-30-26(20-11-5-2-6-12-20,21-13-7-3-8-14-21)22-15-9-4-10-16-22/h2-18H,19H2,1H3,(H,27,28). The second kappa shape index (κ2) is 8.80. The third-order valence-corrected chi connectivity index (χ3v) is 5.14. The van der Waals surface area contributed by atoms with Crippen molar-refractivity contribution in [1.82, 2.24) is 4.98 Å². The summed E-state index contributed by atoms with van der Waals surface area (Å²) in [6.07, 6.45) is 1.57. The van der Waals surface area contributed by atoms with Crippen LogP contribution in [0, 0.1) is 0 Å². The summed E-state index contributed by atoms with van der Waals surface area (Å²) in [5.41, 5.74) is 2.70.